The number of hydrogen-bond acceptors (Lipinski definition) is 5. The summed E-state index contributed by atoms with van der Waals surface area (Å²) in [6.07, 6.45) is 0. The van der Waals surface area contributed by atoms with E-state index in [9.17, 15) is 4.79 Å². The van der Waals surface area contributed by atoms with Gasteiger partial charge < -0.3 is 14.2 Å². The Labute approximate surface area is 175 Å². The predicted octanol–water partition coefficient (Wildman–Crippen LogP) is 4.82. The van der Waals surface area contributed by atoms with Crippen molar-refractivity contribution in [3.8, 4) is 17.1 Å². The number of benzene rings is 2. The standard InChI is InChI=1S/C22H24ClN3O3/c1-14(2)26(21(27)13-28-19-7-5-6-15(3)16(19)4)12-20-24-22(25-29-20)17-8-10-18(23)11-9-17/h5-11,14H,12-13H2,1-4H3. The highest BCUT2D eigenvalue weighted by Gasteiger charge is 2.21. The SMILES string of the molecule is Cc1cccc(OCC(=O)N(Cc2nc(-c3ccc(Cl)cc3)no2)C(C)C)c1C. The lowest BCUT2D eigenvalue weighted by molar-refractivity contribution is -0.136. The van der Waals surface area contributed by atoms with E-state index in [1.165, 1.54) is 0 Å². The van der Waals surface area contributed by atoms with Crippen LogP contribution in [0, 0.1) is 13.8 Å². The molecule has 29 heavy (non-hydrogen) atoms. The number of rotatable bonds is 7. The molecule has 2 aromatic carbocycles. The Morgan fingerprint density at radius 2 is 1.90 bits per heavy atom. The molecule has 0 spiro atoms. The molecule has 0 aliphatic rings. The second kappa shape index (κ2) is 9.09. The molecular formula is C22H24ClN3O3. The molecule has 1 aromatic heterocycles. The summed E-state index contributed by atoms with van der Waals surface area (Å²) in [5, 5.41) is 4.64. The van der Waals surface area contributed by atoms with Crippen molar-refractivity contribution in [1.29, 1.82) is 0 Å². The van der Waals surface area contributed by atoms with E-state index in [1.54, 1.807) is 17.0 Å². The molecule has 3 rings (SSSR count). The van der Waals surface area contributed by atoms with Crippen LogP contribution in [0.15, 0.2) is 47.0 Å². The average Bonchev–Trinajstić information content (AvgIpc) is 3.16. The summed E-state index contributed by atoms with van der Waals surface area (Å²) in [5.74, 6) is 1.39. The van der Waals surface area contributed by atoms with Gasteiger partial charge in [-0.15, -0.1) is 0 Å². The van der Waals surface area contributed by atoms with Gasteiger partial charge in [0.25, 0.3) is 5.91 Å². The number of aryl methyl sites for hydroxylation is 1. The molecule has 0 aliphatic carbocycles. The van der Waals surface area contributed by atoms with Crippen LogP contribution in [0.25, 0.3) is 11.4 Å². The van der Waals surface area contributed by atoms with E-state index in [2.05, 4.69) is 10.1 Å². The van der Waals surface area contributed by atoms with Crippen LogP contribution >= 0.6 is 11.6 Å². The van der Waals surface area contributed by atoms with Gasteiger partial charge in [0, 0.05) is 16.6 Å². The van der Waals surface area contributed by atoms with E-state index in [1.807, 2.05) is 58.0 Å². The number of ether oxygens (including phenoxy) is 1. The highest BCUT2D eigenvalue weighted by Crippen LogP contribution is 2.22. The van der Waals surface area contributed by atoms with Gasteiger partial charge in [-0.25, -0.2) is 0 Å². The van der Waals surface area contributed by atoms with Crippen LogP contribution in [-0.4, -0.2) is 33.6 Å². The fourth-order valence-electron chi connectivity index (χ4n) is 2.84. The van der Waals surface area contributed by atoms with Gasteiger partial charge in [-0.2, -0.15) is 4.98 Å². The first-order valence-electron chi connectivity index (χ1n) is 9.42. The Morgan fingerprint density at radius 3 is 2.59 bits per heavy atom. The minimum absolute atomic E-state index is 0.0458. The smallest absolute Gasteiger partial charge is 0.261 e. The van der Waals surface area contributed by atoms with E-state index >= 15 is 0 Å². The summed E-state index contributed by atoms with van der Waals surface area (Å²) < 4.78 is 11.1. The normalized spacial score (nSPS) is 11.0. The zero-order valence-electron chi connectivity index (χ0n) is 17.0. The molecule has 6 nitrogen and oxygen atoms in total. The van der Waals surface area contributed by atoms with E-state index in [0.717, 1.165) is 16.7 Å². The summed E-state index contributed by atoms with van der Waals surface area (Å²) in [4.78, 5) is 18.8. The zero-order chi connectivity index (χ0) is 21.0. The lowest BCUT2D eigenvalue weighted by Crippen LogP contribution is -2.39. The molecule has 0 saturated heterocycles. The van der Waals surface area contributed by atoms with Crippen molar-refractivity contribution in [3.63, 3.8) is 0 Å². The lowest BCUT2D eigenvalue weighted by Gasteiger charge is -2.25. The Bertz CT molecular complexity index is 983. The highest BCUT2D eigenvalue weighted by molar-refractivity contribution is 6.30. The minimum Gasteiger partial charge on any atom is -0.483 e. The van der Waals surface area contributed by atoms with Crippen molar-refractivity contribution >= 4 is 17.5 Å². The van der Waals surface area contributed by atoms with E-state index in [4.69, 9.17) is 20.9 Å². The fourth-order valence-corrected chi connectivity index (χ4v) is 2.97. The zero-order valence-corrected chi connectivity index (χ0v) is 17.7. The van der Waals surface area contributed by atoms with Crippen molar-refractivity contribution in [2.45, 2.75) is 40.3 Å². The average molecular weight is 414 g/mol. The molecule has 3 aromatic rings. The van der Waals surface area contributed by atoms with Gasteiger partial charge in [0.15, 0.2) is 6.61 Å². The first kappa shape index (κ1) is 20.9. The molecule has 1 heterocycles. The van der Waals surface area contributed by atoms with Gasteiger partial charge >= 0.3 is 0 Å². The quantitative estimate of drug-likeness (QED) is 0.555. The van der Waals surface area contributed by atoms with Crippen molar-refractivity contribution in [2.75, 3.05) is 6.61 Å². The summed E-state index contributed by atoms with van der Waals surface area (Å²) in [6, 6.07) is 12.9. The number of amides is 1. The van der Waals surface area contributed by atoms with Crippen LogP contribution in [-0.2, 0) is 11.3 Å². The van der Waals surface area contributed by atoms with Gasteiger partial charge in [-0.05, 0) is 69.2 Å². The number of carbonyl (C=O) groups excluding carboxylic acids is 1. The second-order valence-electron chi connectivity index (χ2n) is 7.12. The van der Waals surface area contributed by atoms with E-state index in [0.29, 0.717) is 22.5 Å². The third kappa shape index (κ3) is 5.15. The minimum atomic E-state index is -0.146. The monoisotopic (exact) mass is 413 g/mol. The van der Waals surface area contributed by atoms with Crippen LogP contribution in [0.1, 0.15) is 30.9 Å². The Hall–Kier alpha value is -2.86. The molecule has 0 unspecified atom stereocenters. The van der Waals surface area contributed by atoms with Crippen molar-refractivity contribution in [3.05, 3.63) is 64.5 Å². The largest absolute Gasteiger partial charge is 0.483 e. The summed E-state index contributed by atoms with van der Waals surface area (Å²) in [6.45, 7) is 8.02. The Morgan fingerprint density at radius 1 is 1.17 bits per heavy atom. The van der Waals surface area contributed by atoms with Crippen LogP contribution in [0.5, 0.6) is 5.75 Å². The molecule has 0 aliphatic heterocycles. The fraction of sp³-hybridized carbons (Fsp3) is 0.318. The third-order valence-electron chi connectivity index (χ3n) is 4.73. The van der Waals surface area contributed by atoms with Gasteiger partial charge in [0.05, 0.1) is 0 Å². The number of hydrogen-bond donors (Lipinski definition) is 0. The number of halogens is 1. The summed E-state index contributed by atoms with van der Waals surface area (Å²) >= 11 is 5.91. The third-order valence-corrected chi connectivity index (χ3v) is 4.98. The molecule has 0 atom stereocenters. The maximum Gasteiger partial charge on any atom is 0.261 e. The maximum absolute atomic E-state index is 12.8. The molecule has 0 saturated carbocycles. The van der Waals surface area contributed by atoms with Crippen molar-refractivity contribution in [1.82, 2.24) is 15.0 Å². The van der Waals surface area contributed by atoms with Gasteiger partial charge in [-0.1, -0.05) is 28.9 Å². The highest BCUT2D eigenvalue weighted by atomic mass is 35.5. The summed E-state index contributed by atoms with van der Waals surface area (Å²) in [5.41, 5.74) is 2.95. The van der Waals surface area contributed by atoms with Crippen molar-refractivity contribution in [2.24, 2.45) is 0 Å². The maximum atomic E-state index is 12.8. The van der Waals surface area contributed by atoms with Gasteiger partial charge in [0.1, 0.15) is 12.3 Å². The molecule has 0 bridgehead atoms. The van der Waals surface area contributed by atoms with Crippen LogP contribution < -0.4 is 4.74 Å². The van der Waals surface area contributed by atoms with Crippen LogP contribution in [0.3, 0.4) is 0 Å². The van der Waals surface area contributed by atoms with Gasteiger partial charge in [-0.3, -0.25) is 4.79 Å². The van der Waals surface area contributed by atoms with Crippen LogP contribution in [0.4, 0.5) is 0 Å². The van der Waals surface area contributed by atoms with E-state index < -0.39 is 0 Å². The Balaban J connectivity index is 1.67. The molecule has 152 valence electrons. The first-order valence-corrected chi connectivity index (χ1v) is 9.80. The van der Waals surface area contributed by atoms with E-state index in [-0.39, 0.29) is 25.1 Å². The second-order valence-corrected chi connectivity index (χ2v) is 7.56. The molecule has 0 N–H and O–H groups in total. The molecule has 7 heteroatoms. The van der Waals surface area contributed by atoms with Crippen LogP contribution in [0.2, 0.25) is 5.02 Å². The Kier molecular flexibility index (Phi) is 6.54. The molecule has 1 amide bonds. The number of aromatic nitrogens is 2. The molecule has 0 fully saturated rings. The lowest BCUT2D eigenvalue weighted by atomic mass is 10.1. The first-order chi connectivity index (χ1) is 13.8. The topological polar surface area (TPSA) is 68.5 Å². The van der Waals surface area contributed by atoms with Crippen molar-refractivity contribution < 1.29 is 14.1 Å². The molecule has 0 radical (unpaired) electrons. The molecular weight excluding hydrogens is 390 g/mol. The van der Waals surface area contributed by atoms with Gasteiger partial charge in [0.2, 0.25) is 11.7 Å². The summed E-state index contributed by atoms with van der Waals surface area (Å²) in [7, 11) is 0. The number of nitrogens with zero attached hydrogens (tertiary/aromatic N) is 3. The predicted molar refractivity (Wildman–Crippen MR) is 112 cm³/mol. The number of carbonyl (C=O) groups is 1.